The molecular formula is C7H10O2. The van der Waals surface area contributed by atoms with Gasteiger partial charge in [-0.05, 0) is 13.8 Å². The molecular weight excluding hydrogens is 116 g/mol. The average Bonchev–Trinajstić information content (AvgIpc) is 1.63. The number of carbonyl (C=O) groups is 1. The Kier molecular flexibility index (Phi) is 2.71. The van der Waals surface area contributed by atoms with E-state index in [2.05, 4.69) is 17.9 Å². The fourth-order valence-electron chi connectivity index (χ4n) is 0.245. The van der Waals surface area contributed by atoms with E-state index in [-0.39, 0.29) is 0 Å². The van der Waals surface area contributed by atoms with Crippen molar-refractivity contribution in [3.63, 3.8) is 0 Å². The van der Waals surface area contributed by atoms with Crippen LogP contribution in [-0.2, 0) is 9.53 Å². The highest BCUT2D eigenvalue weighted by Gasteiger charge is 2.01. The van der Waals surface area contributed by atoms with Crippen LogP contribution < -0.4 is 0 Å². The molecule has 0 aliphatic carbocycles. The fourth-order valence-corrected chi connectivity index (χ4v) is 0.245. The molecule has 9 heavy (non-hydrogen) atoms. The zero-order valence-electron chi connectivity index (χ0n) is 5.73. The van der Waals surface area contributed by atoms with Gasteiger partial charge in [0, 0.05) is 5.57 Å². The predicted molar refractivity (Wildman–Crippen MR) is 35.7 cm³/mol. The number of hydrogen-bond acceptors (Lipinski definition) is 2. The van der Waals surface area contributed by atoms with Crippen LogP contribution in [0, 0.1) is 0 Å². The van der Waals surface area contributed by atoms with Crippen molar-refractivity contribution < 1.29 is 9.53 Å². The first kappa shape index (κ1) is 7.95. The van der Waals surface area contributed by atoms with Gasteiger partial charge in [0.25, 0.3) is 0 Å². The minimum atomic E-state index is -0.414. The first-order valence-electron chi connectivity index (χ1n) is 2.57. The van der Waals surface area contributed by atoms with Gasteiger partial charge in [-0.2, -0.15) is 0 Å². The maximum atomic E-state index is 10.6. The predicted octanol–water partition coefficient (Wildman–Crippen LogP) is 1.64. The molecule has 0 atom stereocenters. The molecule has 0 saturated carbocycles. The average molecular weight is 126 g/mol. The summed E-state index contributed by atoms with van der Waals surface area (Å²) in [5.74, 6) is -0.0227. The van der Waals surface area contributed by atoms with Crippen molar-refractivity contribution in [2.75, 3.05) is 0 Å². The highest BCUT2D eigenvalue weighted by molar-refractivity contribution is 5.87. The molecule has 0 unspecified atom stereocenters. The summed E-state index contributed by atoms with van der Waals surface area (Å²) >= 11 is 0. The molecule has 0 radical (unpaired) electrons. The van der Waals surface area contributed by atoms with Crippen LogP contribution in [0.15, 0.2) is 24.5 Å². The maximum absolute atomic E-state index is 10.6. The first-order valence-corrected chi connectivity index (χ1v) is 2.57. The van der Waals surface area contributed by atoms with Gasteiger partial charge in [-0.15, -0.1) is 0 Å². The Morgan fingerprint density at radius 1 is 1.33 bits per heavy atom. The van der Waals surface area contributed by atoms with Crippen molar-refractivity contribution in [3.8, 4) is 0 Å². The highest BCUT2D eigenvalue weighted by Crippen LogP contribution is 1.97. The Labute approximate surface area is 54.8 Å². The molecule has 0 aromatic carbocycles. The molecule has 0 rings (SSSR count). The third kappa shape index (κ3) is 3.53. The smallest absolute Gasteiger partial charge is 0.338 e. The number of allylic oxidation sites excluding steroid dienone is 1. The van der Waals surface area contributed by atoms with Crippen molar-refractivity contribution in [3.05, 3.63) is 24.5 Å². The van der Waals surface area contributed by atoms with Gasteiger partial charge < -0.3 is 4.74 Å². The van der Waals surface area contributed by atoms with E-state index in [0.29, 0.717) is 11.3 Å². The van der Waals surface area contributed by atoms with Crippen LogP contribution in [0.5, 0.6) is 0 Å². The van der Waals surface area contributed by atoms with E-state index in [1.165, 1.54) is 0 Å². The Bertz CT molecular complexity index is 156. The van der Waals surface area contributed by atoms with Crippen molar-refractivity contribution in [2.45, 2.75) is 13.8 Å². The van der Waals surface area contributed by atoms with E-state index in [9.17, 15) is 4.79 Å². The molecule has 2 heteroatoms. The Balaban J connectivity index is 3.79. The summed E-state index contributed by atoms with van der Waals surface area (Å²) in [6, 6.07) is 0. The summed E-state index contributed by atoms with van der Waals surface area (Å²) in [5, 5.41) is 0. The Hall–Kier alpha value is -1.05. The van der Waals surface area contributed by atoms with E-state index in [1.807, 2.05) is 0 Å². The van der Waals surface area contributed by atoms with E-state index in [0.717, 1.165) is 0 Å². The minimum absolute atomic E-state index is 0.387. The van der Waals surface area contributed by atoms with Gasteiger partial charge >= 0.3 is 5.97 Å². The lowest BCUT2D eigenvalue weighted by molar-refractivity contribution is -0.134. The molecule has 0 aliphatic rings. The summed E-state index contributed by atoms with van der Waals surface area (Å²) in [4.78, 5) is 10.6. The van der Waals surface area contributed by atoms with Crippen LogP contribution in [0.4, 0.5) is 0 Å². The Morgan fingerprint density at radius 2 is 1.78 bits per heavy atom. The molecule has 0 aromatic rings. The molecule has 0 bridgehead atoms. The van der Waals surface area contributed by atoms with Crippen molar-refractivity contribution >= 4 is 5.97 Å². The summed E-state index contributed by atoms with van der Waals surface area (Å²) in [5.41, 5.74) is 0.387. The van der Waals surface area contributed by atoms with E-state index >= 15 is 0 Å². The second kappa shape index (κ2) is 3.07. The second-order valence-corrected chi connectivity index (χ2v) is 1.87. The lowest BCUT2D eigenvalue weighted by Gasteiger charge is -1.99. The maximum Gasteiger partial charge on any atom is 0.338 e. The van der Waals surface area contributed by atoms with E-state index in [1.54, 1.807) is 13.8 Å². The molecule has 0 amide bonds. The van der Waals surface area contributed by atoms with E-state index < -0.39 is 5.97 Å². The fraction of sp³-hybridized carbons (Fsp3) is 0.286. The topological polar surface area (TPSA) is 26.3 Å². The van der Waals surface area contributed by atoms with Gasteiger partial charge in [-0.1, -0.05) is 13.2 Å². The van der Waals surface area contributed by atoms with Crippen LogP contribution in [0.25, 0.3) is 0 Å². The zero-order valence-corrected chi connectivity index (χ0v) is 5.73. The molecule has 0 saturated heterocycles. The van der Waals surface area contributed by atoms with Crippen molar-refractivity contribution in [1.82, 2.24) is 0 Å². The molecule has 0 aliphatic heterocycles. The van der Waals surface area contributed by atoms with E-state index in [4.69, 9.17) is 0 Å². The normalized spacial score (nSPS) is 8.22. The summed E-state index contributed by atoms with van der Waals surface area (Å²) in [7, 11) is 0. The van der Waals surface area contributed by atoms with Crippen LogP contribution in [0.2, 0.25) is 0 Å². The Morgan fingerprint density at radius 3 is 1.89 bits per heavy atom. The van der Waals surface area contributed by atoms with Gasteiger partial charge in [0.15, 0.2) is 0 Å². The SMILES string of the molecule is C=C(C)OC(=O)C(=C)C. The van der Waals surface area contributed by atoms with Crippen molar-refractivity contribution in [2.24, 2.45) is 0 Å². The number of carbonyl (C=O) groups excluding carboxylic acids is 1. The highest BCUT2D eigenvalue weighted by atomic mass is 16.5. The molecule has 2 nitrogen and oxygen atoms in total. The summed E-state index contributed by atoms with van der Waals surface area (Å²) in [6.07, 6.45) is 0. The van der Waals surface area contributed by atoms with Gasteiger partial charge in [0.05, 0.1) is 5.76 Å². The van der Waals surface area contributed by atoms with Crippen LogP contribution in [0.1, 0.15) is 13.8 Å². The summed E-state index contributed by atoms with van der Waals surface area (Å²) in [6.45, 7) is 9.99. The number of rotatable bonds is 2. The molecule has 0 spiro atoms. The summed E-state index contributed by atoms with van der Waals surface area (Å²) < 4.78 is 4.58. The monoisotopic (exact) mass is 126 g/mol. The lowest BCUT2D eigenvalue weighted by atomic mass is 10.4. The molecule has 50 valence electrons. The standard InChI is InChI=1S/C7H10O2/c1-5(2)7(8)9-6(3)4/h1,3H2,2,4H3. The van der Waals surface area contributed by atoms with Crippen LogP contribution in [0.3, 0.4) is 0 Å². The molecule has 0 heterocycles. The third-order valence-corrected chi connectivity index (χ3v) is 0.615. The quantitative estimate of drug-likeness (QED) is 0.319. The van der Waals surface area contributed by atoms with Crippen LogP contribution in [-0.4, -0.2) is 5.97 Å². The van der Waals surface area contributed by atoms with Gasteiger partial charge in [0.1, 0.15) is 0 Å². The largest absolute Gasteiger partial charge is 0.429 e. The van der Waals surface area contributed by atoms with Gasteiger partial charge in [-0.25, -0.2) is 4.79 Å². The first-order chi connectivity index (χ1) is 4.04. The number of esters is 1. The minimum Gasteiger partial charge on any atom is -0.429 e. The second-order valence-electron chi connectivity index (χ2n) is 1.87. The number of hydrogen-bond donors (Lipinski definition) is 0. The van der Waals surface area contributed by atoms with Crippen molar-refractivity contribution in [1.29, 1.82) is 0 Å². The van der Waals surface area contributed by atoms with Gasteiger partial charge in [0.2, 0.25) is 0 Å². The third-order valence-electron chi connectivity index (χ3n) is 0.615. The number of ether oxygens (including phenoxy) is 1. The molecule has 0 fully saturated rings. The lowest BCUT2D eigenvalue weighted by Crippen LogP contribution is -2.01. The molecule has 0 N–H and O–H groups in total. The zero-order chi connectivity index (χ0) is 7.44. The van der Waals surface area contributed by atoms with Crippen LogP contribution >= 0.6 is 0 Å². The van der Waals surface area contributed by atoms with Gasteiger partial charge in [-0.3, -0.25) is 0 Å². The molecule has 0 aromatic heterocycles.